The zero-order chi connectivity index (χ0) is 17.2. The number of methoxy groups -OCH3 is 2. The van der Waals surface area contributed by atoms with E-state index in [1.165, 1.54) is 7.11 Å². The van der Waals surface area contributed by atoms with Crippen molar-refractivity contribution in [2.45, 2.75) is 6.42 Å². The zero-order valence-electron chi connectivity index (χ0n) is 13.9. The van der Waals surface area contributed by atoms with E-state index in [2.05, 4.69) is 4.98 Å². The largest absolute Gasteiger partial charge is 0.466 e. The van der Waals surface area contributed by atoms with Crippen LogP contribution in [0.4, 0.5) is 0 Å². The molecule has 128 valence electrons. The number of carbonyl (C=O) groups excluding carboxylic acids is 1. The molecule has 1 aromatic carbocycles. The molecule has 0 aliphatic carbocycles. The third kappa shape index (κ3) is 5.04. The molecule has 0 unspecified atom stereocenters. The van der Waals surface area contributed by atoms with Gasteiger partial charge in [-0.1, -0.05) is 18.2 Å². The SMILES string of the molecule is COCCOCOc1c(Cc2ccccn2)cccc1C(=O)OC. The van der Waals surface area contributed by atoms with Gasteiger partial charge < -0.3 is 18.9 Å². The maximum atomic E-state index is 12.0. The summed E-state index contributed by atoms with van der Waals surface area (Å²) in [6.45, 7) is 0.905. The average Bonchev–Trinajstić information content (AvgIpc) is 2.62. The molecule has 2 aromatic rings. The van der Waals surface area contributed by atoms with Crippen molar-refractivity contribution in [2.24, 2.45) is 0 Å². The first kappa shape index (κ1) is 17.9. The van der Waals surface area contributed by atoms with Gasteiger partial charge in [0.15, 0.2) is 6.79 Å². The lowest BCUT2D eigenvalue weighted by Gasteiger charge is -2.15. The summed E-state index contributed by atoms with van der Waals surface area (Å²) in [5, 5.41) is 0. The first-order valence-electron chi connectivity index (χ1n) is 7.56. The molecular weight excluding hydrogens is 310 g/mol. The van der Waals surface area contributed by atoms with Gasteiger partial charge in [-0.05, 0) is 18.2 Å². The van der Waals surface area contributed by atoms with Crippen LogP contribution >= 0.6 is 0 Å². The Bertz CT molecular complexity index is 645. The van der Waals surface area contributed by atoms with Gasteiger partial charge in [-0.3, -0.25) is 4.98 Å². The fraction of sp³-hybridized carbons (Fsp3) is 0.333. The minimum Gasteiger partial charge on any atom is -0.466 e. The molecule has 6 heteroatoms. The first-order valence-corrected chi connectivity index (χ1v) is 7.56. The highest BCUT2D eigenvalue weighted by Gasteiger charge is 2.17. The molecule has 2 rings (SSSR count). The standard InChI is InChI=1S/C18H21NO5/c1-21-10-11-23-13-24-17-14(12-15-7-3-4-9-19-15)6-5-8-16(17)18(20)22-2/h3-9H,10-13H2,1-2H3. The lowest BCUT2D eigenvalue weighted by molar-refractivity contribution is -0.00943. The number of benzene rings is 1. The Labute approximate surface area is 141 Å². The van der Waals surface area contributed by atoms with Gasteiger partial charge in [-0.25, -0.2) is 4.79 Å². The van der Waals surface area contributed by atoms with Crippen LogP contribution in [-0.4, -0.2) is 45.2 Å². The molecule has 0 spiro atoms. The lowest BCUT2D eigenvalue weighted by Crippen LogP contribution is -2.12. The molecule has 0 fully saturated rings. The number of aromatic nitrogens is 1. The molecule has 0 amide bonds. The van der Waals surface area contributed by atoms with E-state index in [0.717, 1.165) is 11.3 Å². The van der Waals surface area contributed by atoms with Crippen LogP contribution in [0, 0.1) is 0 Å². The van der Waals surface area contributed by atoms with Crippen LogP contribution in [0.2, 0.25) is 0 Å². The quantitative estimate of drug-likeness (QED) is 0.399. The van der Waals surface area contributed by atoms with E-state index in [0.29, 0.717) is 30.9 Å². The Kier molecular flexibility index (Phi) is 7.20. The molecule has 24 heavy (non-hydrogen) atoms. The first-order chi connectivity index (χ1) is 11.8. The van der Waals surface area contributed by atoms with Crippen LogP contribution in [-0.2, 0) is 20.6 Å². The highest BCUT2D eigenvalue weighted by Crippen LogP contribution is 2.27. The Morgan fingerprint density at radius 1 is 1.08 bits per heavy atom. The molecule has 0 atom stereocenters. The second kappa shape index (κ2) is 9.64. The van der Waals surface area contributed by atoms with Crippen molar-refractivity contribution >= 4 is 5.97 Å². The molecule has 0 aliphatic rings. The Hall–Kier alpha value is -2.44. The predicted octanol–water partition coefficient (Wildman–Crippen LogP) is 2.46. The summed E-state index contributed by atoms with van der Waals surface area (Å²) in [4.78, 5) is 16.3. The number of ether oxygens (including phenoxy) is 4. The van der Waals surface area contributed by atoms with Crippen LogP contribution in [0.15, 0.2) is 42.6 Å². The third-order valence-corrected chi connectivity index (χ3v) is 3.32. The maximum Gasteiger partial charge on any atom is 0.341 e. The van der Waals surface area contributed by atoms with Gasteiger partial charge >= 0.3 is 5.97 Å². The average molecular weight is 331 g/mol. The van der Waals surface area contributed by atoms with E-state index in [4.69, 9.17) is 18.9 Å². The number of hydrogen-bond acceptors (Lipinski definition) is 6. The van der Waals surface area contributed by atoms with E-state index in [9.17, 15) is 4.79 Å². The summed E-state index contributed by atoms with van der Waals surface area (Å²) < 4.78 is 20.8. The number of hydrogen-bond donors (Lipinski definition) is 0. The minimum absolute atomic E-state index is 0.0204. The summed E-state index contributed by atoms with van der Waals surface area (Å²) in [6.07, 6.45) is 2.27. The number of esters is 1. The Morgan fingerprint density at radius 2 is 1.96 bits per heavy atom. The van der Waals surface area contributed by atoms with E-state index in [1.807, 2.05) is 24.3 Å². The molecule has 1 heterocycles. The molecule has 0 saturated carbocycles. The van der Waals surface area contributed by atoms with Crippen LogP contribution in [0.1, 0.15) is 21.6 Å². The van der Waals surface area contributed by atoms with Gasteiger partial charge in [0, 0.05) is 31.0 Å². The van der Waals surface area contributed by atoms with Crippen molar-refractivity contribution in [3.05, 3.63) is 59.4 Å². The number of rotatable bonds is 9. The predicted molar refractivity (Wildman–Crippen MR) is 88.1 cm³/mol. The highest BCUT2D eigenvalue weighted by molar-refractivity contribution is 5.93. The zero-order valence-corrected chi connectivity index (χ0v) is 13.9. The molecular formula is C18H21NO5. The van der Waals surface area contributed by atoms with Crippen LogP contribution in [0.3, 0.4) is 0 Å². The molecule has 0 bridgehead atoms. The Balaban J connectivity index is 2.19. The fourth-order valence-corrected chi connectivity index (χ4v) is 2.16. The number of para-hydroxylation sites is 1. The van der Waals surface area contributed by atoms with Crippen molar-refractivity contribution in [3.63, 3.8) is 0 Å². The summed E-state index contributed by atoms with van der Waals surface area (Å²) in [7, 11) is 2.94. The van der Waals surface area contributed by atoms with Gasteiger partial charge in [0.2, 0.25) is 0 Å². The van der Waals surface area contributed by atoms with Crippen LogP contribution in [0.25, 0.3) is 0 Å². The van der Waals surface area contributed by atoms with Gasteiger partial charge in [-0.2, -0.15) is 0 Å². The van der Waals surface area contributed by atoms with E-state index < -0.39 is 5.97 Å². The minimum atomic E-state index is -0.454. The van der Waals surface area contributed by atoms with Crippen LogP contribution < -0.4 is 4.74 Å². The molecule has 0 saturated heterocycles. The summed E-state index contributed by atoms with van der Waals surface area (Å²) in [6, 6.07) is 11.0. The van der Waals surface area contributed by atoms with Crippen molar-refractivity contribution in [1.29, 1.82) is 0 Å². The summed E-state index contributed by atoms with van der Waals surface area (Å²) in [5.41, 5.74) is 2.08. The van der Waals surface area contributed by atoms with E-state index in [-0.39, 0.29) is 6.79 Å². The van der Waals surface area contributed by atoms with Gasteiger partial charge in [0.25, 0.3) is 0 Å². The van der Waals surface area contributed by atoms with E-state index in [1.54, 1.807) is 25.4 Å². The van der Waals surface area contributed by atoms with Gasteiger partial charge in [-0.15, -0.1) is 0 Å². The van der Waals surface area contributed by atoms with Crippen molar-refractivity contribution in [3.8, 4) is 5.75 Å². The van der Waals surface area contributed by atoms with Crippen molar-refractivity contribution in [1.82, 2.24) is 4.98 Å². The molecule has 0 N–H and O–H groups in total. The maximum absolute atomic E-state index is 12.0. The number of pyridine rings is 1. The second-order valence-electron chi connectivity index (χ2n) is 4.95. The second-order valence-corrected chi connectivity index (χ2v) is 4.95. The van der Waals surface area contributed by atoms with Crippen LogP contribution in [0.5, 0.6) is 5.75 Å². The third-order valence-electron chi connectivity index (χ3n) is 3.32. The smallest absolute Gasteiger partial charge is 0.341 e. The normalized spacial score (nSPS) is 10.4. The van der Waals surface area contributed by atoms with Gasteiger partial charge in [0.1, 0.15) is 11.3 Å². The number of carbonyl (C=O) groups is 1. The van der Waals surface area contributed by atoms with E-state index >= 15 is 0 Å². The molecule has 0 aliphatic heterocycles. The molecule has 0 radical (unpaired) electrons. The number of nitrogens with zero attached hydrogens (tertiary/aromatic N) is 1. The fourth-order valence-electron chi connectivity index (χ4n) is 2.16. The molecule has 6 nitrogen and oxygen atoms in total. The Morgan fingerprint density at radius 3 is 2.67 bits per heavy atom. The van der Waals surface area contributed by atoms with Crippen molar-refractivity contribution < 1.29 is 23.7 Å². The summed E-state index contributed by atoms with van der Waals surface area (Å²) >= 11 is 0. The topological polar surface area (TPSA) is 66.9 Å². The van der Waals surface area contributed by atoms with Crippen molar-refractivity contribution in [2.75, 3.05) is 34.2 Å². The summed E-state index contributed by atoms with van der Waals surface area (Å²) in [5.74, 6) is -0.00261. The highest BCUT2D eigenvalue weighted by atomic mass is 16.7. The lowest BCUT2D eigenvalue weighted by atomic mass is 10.0. The monoisotopic (exact) mass is 331 g/mol. The van der Waals surface area contributed by atoms with Gasteiger partial charge in [0.05, 0.1) is 20.3 Å². The molecule has 1 aromatic heterocycles.